The molecule has 0 aliphatic heterocycles. The van der Waals surface area contributed by atoms with Gasteiger partial charge in [0, 0.05) is 11.5 Å². The maximum atomic E-state index is 10.4. The Morgan fingerprint density at radius 2 is 1.50 bits per heavy atom. The highest BCUT2D eigenvalue weighted by atomic mass is 79.9. The molecule has 0 unspecified atom stereocenters. The molecule has 3 nitrogen and oxygen atoms in total. The summed E-state index contributed by atoms with van der Waals surface area (Å²) in [6, 6.07) is 0. The molecule has 2 N–H and O–H groups in total. The molecule has 74 valence electrons. The summed E-state index contributed by atoms with van der Waals surface area (Å²) in [5, 5.41) is 1.02. The van der Waals surface area contributed by atoms with Crippen molar-refractivity contribution in [1.29, 1.82) is 0 Å². The summed E-state index contributed by atoms with van der Waals surface area (Å²) < 4.78 is 10.4. The van der Waals surface area contributed by atoms with Gasteiger partial charge in [0.05, 0.1) is 0 Å². The summed E-state index contributed by atoms with van der Waals surface area (Å²) >= 11 is 3.33. The van der Waals surface area contributed by atoms with E-state index in [4.69, 9.17) is 9.79 Å². The van der Waals surface area contributed by atoms with Gasteiger partial charge >= 0.3 is 7.60 Å². The fourth-order valence-electron chi connectivity index (χ4n) is 0.943. The van der Waals surface area contributed by atoms with Gasteiger partial charge in [-0.2, -0.15) is 0 Å². The second-order valence-electron chi connectivity index (χ2n) is 2.85. The largest absolute Gasteiger partial charge is 0.325 e. The minimum absolute atomic E-state index is 0.0430. The first-order valence-corrected chi connectivity index (χ1v) is 7.09. The molecule has 0 saturated carbocycles. The molecule has 12 heavy (non-hydrogen) atoms. The van der Waals surface area contributed by atoms with E-state index in [0.29, 0.717) is 6.42 Å². The molecule has 0 aromatic carbocycles. The smallest absolute Gasteiger partial charge is 0.324 e. The van der Waals surface area contributed by atoms with Gasteiger partial charge in [0.15, 0.2) is 0 Å². The Hall–Kier alpha value is 0.630. The van der Waals surface area contributed by atoms with Gasteiger partial charge in [0.1, 0.15) is 0 Å². The van der Waals surface area contributed by atoms with E-state index in [9.17, 15) is 4.57 Å². The van der Waals surface area contributed by atoms with E-state index in [-0.39, 0.29) is 6.16 Å². The Kier molecular flexibility index (Phi) is 7.45. The van der Waals surface area contributed by atoms with Crippen LogP contribution in [0.3, 0.4) is 0 Å². The second-order valence-corrected chi connectivity index (χ2v) is 5.41. The van der Waals surface area contributed by atoms with Crippen LogP contribution in [0.5, 0.6) is 0 Å². The van der Waals surface area contributed by atoms with Crippen molar-refractivity contribution >= 4 is 23.5 Å². The van der Waals surface area contributed by atoms with Gasteiger partial charge in [-0.3, -0.25) is 4.57 Å². The lowest BCUT2D eigenvalue weighted by molar-refractivity contribution is 0.370. The van der Waals surface area contributed by atoms with Gasteiger partial charge in [-0.25, -0.2) is 0 Å². The van der Waals surface area contributed by atoms with Crippen LogP contribution in [0, 0.1) is 0 Å². The Morgan fingerprint density at radius 1 is 1.00 bits per heavy atom. The quantitative estimate of drug-likeness (QED) is 0.419. The lowest BCUT2D eigenvalue weighted by atomic mass is 10.2. The van der Waals surface area contributed by atoms with Gasteiger partial charge in [-0.05, 0) is 12.8 Å². The molecule has 0 aliphatic carbocycles. The molecule has 0 fully saturated rings. The molecule has 0 radical (unpaired) electrons. The van der Waals surface area contributed by atoms with E-state index in [2.05, 4.69) is 15.9 Å². The predicted octanol–water partition coefficient (Wildman–Crippen LogP) is 2.51. The first-order chi connectivity index (χ1) is 5.56. The van der Waals surface area contributed by atoms with Gasteiger partial charge in [0.2, 0.25) is 0 Å². The van der Waals surface area contributed by atoms with E-state index in [0.717, 1.165) is 31.0 Å². The minimum atomic E-state index is -3.73. The topological polar surface area (TPSA) is 57.5 Å². The Labute approximate surface area is 81.8 Å². The fourth-order valence-corrected chi connectivity index (χ4v) is 1.97. The van der Waals surface area contributed by atoms with Crippen molar-refractivity contribution < 1.29 is 14.4 Å². The zero-order valence-corrected chi connectivity index (χ0v) is 9.56. The number of alkyl halides is 1. The van der Waals surface area contributed by atoms with Crippen molar-refractivity contribution in [3.05, 3.63) is 0 Å². The zero-order valence-electron chi connectivity index (χ0n) is 7.08. The third kappa shape index (κ3) is 10.6. The summed E-state index contributed by atoms with van der Waals surface area (Å²) in [4.78, 5) is 17.0. The Morgan fingerprint density at radius 3 is 2.00 bits per heavy atom. The average molecular weight is 259 g/mol. The number of hydrogen-bond donors (Lipinski definition) is 2. The highest BCUT2D eigenvalue weighted by molar-refractivity contribution is 9.09. The van der Waals surface area contributed by atoms with E-state index >= 15 is 0 Å². The summed E-state index contributed by atoms with van der Waals surface area (Å²) in [6.45, 7) is 0. The van der Waals surface area contributed by atoms with Crippen molar-refractivity contribution in [2.24, 2.45) is 0 Å². The van der Waals surface area contributed by atoms with E-state index < -0.39 is 7.60 Å². The fraction of sp³-hybridized carbons (Fsp3) is 1.00. The molecule has 5 heteroatoms. The molecule has 0 aliphatic rings. The van der Waals surface area contributed by atoms with Crippen LogP contribution in [0.2, 0.25) is 0 Å². The highest BCUT2D eigenvalue weighted by Crippen LogP contribution is 2.35. The lowest BCUT2D eigenvalue weighted by Crippen LogP contribution is -1.88. The molecular weight excluding hydrogens is 243 g/mol. The van der Waals surface area contributed by atoms with Crippen LogP contribution in [-0.2, 0) is 4.57 Å². The van der Waals surface area contributed by atoms with Crippen LogP contribution in [-0.4, -0.2) is 21.3 Å². The number of unbranched alkanes of at least 4 members (excludes halogenated alkanes) is 4. The standard InChI is InChI=1S/C7H16BrO3P/c8-6-4-2-1-3-5-7-12(9,10)11/h1-7H2,(H2,9,10,11). The van der Waals surface area contributed by atoms with Crippen LogP contribution < -0.4 is 0 Å². The van der Waals surface area contributed by atoms with Gasteiger partial charge < -0.3 is 9.79 Å². The van der Waals surface area contributed by atoms with Gasteiger partial charge in [-0.15, -0.1) is 0 Å². The molecule has 0 aromatic heterocycles. The predicted molar refractivity (Wildman–Crippen MR) is 53.8 cm³/mol. The Bertz CT molecular complexity index is 146. The second kappa shape index (κ2) is 7.07. The molecule has 0 atom stereocenters. The number of hydrogen-bond acceptors (Lipinski definition) is 1. The maximum Gasteiger partial charge on any atom is 0.325 e. The van der Waals surface area contributed by atoms with E-state index in [1.54, 1.807) is 0 Å². The average Bonchev–Trinajstić information content (AvgIpc) is 1.94. The van der Waals surface area contributed by atoms with Crippen LogP contribution in [0.25, 0.3) is 0 Å². The van der Waals surface area contributed by atoms with Gasteiger partial charge in [-0.1, -0.05) is 35.2 Å². The van der Waals surface area contributed by atoms with Crippen LogP contribution in [0.4, 0.5) is 0 Å². The number of rotatable bonds is 7. The van der Waals surface area contributed by atoms with Crippen molar-refractivity contribution in [3.8, 4) is 0 Å². The van der Waals surface area contributed by atoms with E-state index in [1.807, 2.05) is 0 Å². The molecule has 0 saturated heterocycles. The van der Waals surface area contributed by atoms with E-state index in [1.165, 1.54) is 0 Å². The SMILES string of the molecule is O=P(O)(O)CCCCCCCBr. The van der Waals surface area contributed by atoms with Crippen molar-refractivity contribution in [1.82, 2.24) is 0 Å². The maximum absolute atomic E-state index is 10.4. The highest BCUT2D eigenvalue weighted by Gasteiger charge is 2.10. The zero-order chi connectivity index (χ0) is 9.45. The minimum Gasteiger partial charge on any atom is -0.324 e. The van der Waals surface area contributed by atoms with Crippen LogP contribution >= 0.6 is 23.5 Å². The third-order valence-corrected chi connectivity index (χ3v) is 3.04. The Balaban J connectivity index is 3.06. The molecule has 0 amide bonds. The monoisotopic (exact) mass is 258 g/mol. The van der Waals surface area contributed by atoms with Crippen molar-refractivity contribution in [3.63, 3.8) is 0 Å². The number of halogens is 1. The first kappa shape index (κ1) is 12.6. The summed E-state index contributed by atoms with van der Waals surface area (Å²) in [5.74, 6) is 0. The first-order valence-electron chi connectivity index (χ1n) is 4.17. The molecule has 0 spiro atoms. The van der Waals surface area contributed by atoms with Crippen molar-refractivity contribution in [2.45, 2.75) is 32.1 Å². The van der Waals surface area contributed by atoms with Crippen molar-refractivity contribution in [2.75, 3.05) is 11.5 Å². The molecule has 0 bridgehead atoms. The summed E-state index contributed by atoms with van der Waals surface area (Å²) in [6.07, 6.45) is 4.99. The molecular formula is C7H16BrO3P. The lowest BCUT2D eigenvalue weighted by Gasteiger charge is -2.02. The molecule has 0 rings (SSSR count). The third-order valence-electron chi connectivity index (χ3n) is 1.58. The van der Waals surface area contributed by atoms with Crippen LogP contribution in [0.15, 0.2) is 0 Å². The van der Waals surface area contributed by atoms with Crippen LogP contribution in [0.1, 0.15) is 32.1 Å². The summed E-state index contributed by atoms with van der Waals surface area (Å²) in [7, 11) is -3.73. The summed E-state index contributed by atoms with van der Waals surface area (Å²) in [5.41, 5.74) is 0. The van der Waals surface area contributed by atoms with Gasteiger partial charge in [0.25, 0.3) is 0 Å². The molecule has 0 heterocycles. The molecule has 0 aromatic rings. The normalized spacial score (nSPS) is 11.9.